The van der Waals surface area contributed by atoms with Gasteiger partial charge in [-0.25, -0.2) is 4.79 Å². The number of piperazine rings is 1. The van der Waals surface area contributed by atoms with E-state index < -0.39 is 5.97 Å². The van der Waals surface area contributed by atoms with Crippen LogP contribution in [0.3, 0.4) is 0 Å². The van der Waals surface area contributed by atoms with Crippen LogP contribution >= 0.6 is 0 Å². The Bertz CT molecular complexity index is 510. The molecule has 102 valence electrons. The number of hydrogen-bond donors (Lipinski definition) is 1. The predicted molar refractivity (Wildman–Crippen MR) is 66.2 cm³/mol. The van der Waals surface area contributed by atoms with E-state index in [1.165, 1.54) is 18.6 Å². The molecule has 0 aliphatic carbocycles. The Balaban J connectivity index is 1.71. The summed E-state index contributed by atoms with van der Waals surface area (Å²) in [5, 5.41) is 8.79. The van der Waals surface area contributed by atoms with Crippen molar-refractivity contribution in [3.63, 3.8) is 0 Å². The molecule has 0 spiro atoms. The molecule has 0 aromatic carbocycles. The summed E-state index contributed by atoms with van der Waals surface area (Å²) in [5.74, 6) is -1.44. The highest BCUT2D eigenvalue weighted by atomic mass is 16.4. The van der Waals surface area contributed by atoms with Crippen LogP contribution < -0.4 is 0 Å². The summed E-state index contributed by atoms with van der Waals surface area (Å²) in [6, 6.07) is 3.21. The Morgan fingerprint density at radius 3 is 2.74 bits per heavy atom. The molecule has 1 N–H and O–H groups in total. The number of fused-ring (bicyclic) bond motifs is 1. The van der Waals surface area contributed by atoms with Crippen LogP contribution in [0.25, 0.3) is 0 Å². The molecule has 0 radical (unpaired) electrons. The molecule has 1 unspecified atom stereocenters. The fraction of sp³-hybridized carbons (Fsp3) is 0.538. The predicted octanol–water partition coefficient (Wildman–Crippen LogP) is 0.898. The summed E-state index contributed by atoms with van der Waals surface area (Å²) in [4.78, 5) is 27.2. The second kappa shape index (κ2) is 4.70. The van der Waals surface area contributed by atoms with Crippen LogP contribution in [0.4, 0.5) is 0 Å². The third-order valence-electron chi connectivity index (χ3n) is 3.90. The number of carbonyl (C=O) groups is 2. The van der Waals surface area contributed by atoms with Crippen molar-refractivity contribution in [1.82, 2.24) is 9.80 Å². The smallest absolute Gasteiger partial charge is 0.371 e. The van der Waals surface area contributed by atoms with Crippen molar-refractivity contribution in [2.75, 3.05) is 26.2 Å². The van der Waals surface area contributed by atoms with Gasteiger partial charge in [0.05, 0.1) is 0 Å². The number of amides is 1. The Morgan fingerprint density at radius 2 is 2.00 bits per heavy atom. The van der Waals surface area contributed by atoms with E-state index >= 15 is 0 Å². The lowest BCUT2D eigenvalue weighted by molar-refractivity contribution is 0.0534. The molecule has 0 bridgehead atoms. The molecule has 1 aromatic rings. The third-order valence-corrected chi connectivity index (χ3v) is 3.90. The molecule has 1 aromatic heterocycles. The van der Waals surface area contributed by atoms with Gasteiger partial charge < -0.3 is 14.4 Å². The minimum absolute atomic E-state index is 0.115. The topological polar surface area (TPSA) is 74.0 Å². The van der Waals surface area contributed by atoms with Crippen LogP contribution in [0.15, 0.2) is 16.5 Å². The Kier molecular flexibility index (Phi) is 3.02. The number of hydrogen-bond acceptors (Lipinski definition) is 4. The quantitative estimate of drug-likeness (QED) is 0.859. The number of nitrogens with zero attached hydrogens (tertiary/aromatic N) is 2. The van der Waals surface area contributed by atoms with E-state index in [9.17, 15) is 9.59 Å². The average Bonchev–Trinajstić information content (AvgIpc) is 3.06. The van der Waals surface area contributed by atoms with Crippen LogP contribution in [0.2, 0.25) is 0 Å². The van der Waals surface area contributed by atoms with Crippen molar-refractivity contribution in [2.24, 2.45) is 0 Å². The van der Waals surface area contributed by atoms with E-state index in [2.05, 4.69) is 4.90 Å². The van der Waals surface area contributed by atoms with E-state index in [-0.39, 0.29) is 17.4 Å². The van der Waals surface area contributed by atoms with Crippen molar-refractivity contribution in [2.45, 2.75) is 18.9 Å². The van der Waals surface area contributed by atoms with Crippen molar-refractivity contribution in [1.29, 1.82) is 0 Å². The molecule has 1 amide bonds. The summed E-state index contributed by atoms with van der Waals surface area (Å²) in [7, 11) is 0. The largest absolute Gasteiger partial charge is 0.475 e. The number of aromatic carboxylic acids is 1. The van der Waals surface area contributed by atoms with E-state index in [4.69, 9.17) is 9.52 Å². The number of carbonyl (C=O) groups excluding carboxylic acids is 1. The van der Waals surface area contributed by atoms with Crippen molar-refractivity contribution < 1.29 is 19.1 Å². The minimum atomic E-state index is -1.15. The zero-order valence-corrected chi connectivity index (χ0v) is 10.5. The monoisotopic (exact) mass is 264 g/mol. The average molecular weight is 264 g/mol. The van der Waals surface area contributed by atoms with Gasteiger partial charge in [0.25, 0.3) is 5.91 Å². The fourth-order valence-corrected chi connectivity index (χ4v) is 2.90. The van der Waals surface area contributed by atoms with Gasteiger partial charge in [0.2, 0.25) is 5.76 Å². The van der Waals surface area contributed by atoms with Gasteiger partial charge in [-0.3, -0.25) is 9.69 Å². The van der Waals surface area contributed by atoms with E-state index in [0.717, 1.165) is 19.5 Å². The standard InChI is InChI=1S/C13H16N2O4/c16-12(10-3-4-11(19-10)13(17)18)15-7-6-14-5-1-2-9(14)8-15/h3-4,9H,1-2,5-8H2,(H,17,18). The van der Waals surface area contributed by atoms with Crippen molar-refractivity contribution in [3.05, 3.63) is 23.7 Å². The number of carboxylic acid groups (broad SMARTS) is 1. The van der Waals surface area contributed by atoms with Crippen LogP contribution in [-0.2, 0) is 0 Å². The molecule has 2 aliphatic heterocycles. The molecule has 2 fully saturated rings. The van der Waals surface area contributed by atoms with Crippen LogP contribution in [0, 0.1) is 0 Å². The van der Waals surface area contributed by atoms with Gasteiger partial charge in [0.1, 0.15) is 0 Å². The lowest BCUT2D eigenvalue weighted by atomic mass is 10.1. The normalized spacial score (nSPS) is 23.4. The second-order valence-electron chi connectivity index (χ2n) is 5.05. The fourth-order valence-electron chi connectivity index (χ4n) is 2.90. The van der Waals surface area contributed by atoms with Gasteiger partial charge in [-0.15, -0.1) is 0 Å². The Labute approximate surface area is 110 Å². The zero-order valence-electron chi connectivity index (χ0n) is 10.5. The van der Waals surface area contributed by atoms with Crippen LogP contribution in [0.5, 0.6) is 0 Å². The highest BCUT2D eigenvalue weighted by Gasteiger charge is 2.33. The third kappa shape index (κ3) is 2.23. The summed E-state index contributed by atoms with van der Waals surface area (Å²) in [6.07, 6.45) is 2.32. The first-order valence-electron chi connectivity index (χ1n) is 6.51. The molecular weight excluding hydrogens is 248 g/mol. The molecule has 3 rings (SSSR count). The first kappa shape index (κ1) is 12.2. The lowest BCUT2D eigenvalue weighted by Crippen LogP contribution is -2.51. The Morgan fingerprint density at radius 1 is 1.21 bits per heavy atom. The lowest BCUT2D eigenvalue weighted by Gasteiger charge is -2.37. The highest BCUT2D eigenvalue weighted by Crippen LogP contribution is 2.22. The number of furan rings is 1. The first-order chi connectivity index (χ1) is 9.15. The maximum Gasteiger partial charge on any atom is 0.371 e. The van der Waals surface area contributed by atoms with Gasteiger partial charge in [-0.05, 0) is 31.5 Å². The molecule has 6 heteroatoms. The molecule has 3 heterocycles. The summed E-state index contributed by atoms with van der Waals surface area (Å²) < 4.78 is 5.07. The summed E-state index contributed by atoms with van der Waals surface area (Å²) in [5.41, 5.74) is 0. The second-order valence-corrected chi connectivity index (χ2v) is 5.05. The van der Waals surface area contributed by atoms with Gasteiger partial charge in [0, 0.05) is 25.7 Å². The molecular formula is C13H16N2O4. The SMILES string of the molecule is O=C(O)c1ccc(C(=O)N2CCN3CCCC3C2)o1. The molecule has 0 saturated carbocycles. The Hall–Kier alpha value is -1.82. The molecule has 2 aliphatic rings. The van der Waals surface area contributed by atoms with Crippen LogP contribution in [0.1, 0.15) is 34.0 Å². The molecule has 1 atom stereocenters. The van der Waals surface area contributed by atoms with E-state index in [1.54, 1.807) is 4.90 Å². The van der Waals surface area contributed by atoms with Crippen molar-refractivity contribution >= 4 is 11.9 Å². The maximum atomic E-state index is 12.2. The van der Waals surface area contributed by atoms with Crippen molar-refractivity contribution in [3.8, 4) is 0 Å². The first-order valence-corrected chi connectivity index (χ1v) is 6.51. The van der Waals surface area contributed by atoms with Gasteiger partial charge in [0.15, 0.2) is 5.76 Å². The maximum absolute atomic E-state index is 12.2. The van der Waals surface area contributed by atoms with Gasteiger partial charge in [-0.2, -0.15) is 0 Å². The van der Waals surface area contributed by atoms with Crippen LogP contribution in [-0.4, -0.2) is 59.0 Å². The summed E-state index contributed by atoms with van der Waals surface area (Å²) >= 11 is 0. The molecule has 2 saturated heterocycles. The zero-order chi connectivity index (χ0) is 13.4. The minimum Gasteiger partial charge on any atom is -0.475 e. The number of carboxylic acids is 1. The molecule has 6 nitrogen and oxygen atoms in total. The van der Waals surface area contributed by atoms with E-state index in [1.807, 2.05) is 0 Å². The van der Waals surface area contributed by atoms with E-state index in [0.29, 0.717) is 19.1 Å². The summed E-state index contributed by atoms with van der Waals surface area (Å²) in [6.45, 7) is 3.40. The number of rotatable bonds is 2. The molecule has 19 heavy (non-hydrogen) atoms. The van der Waals surface area contributed by atoms with Gasteiger partial charge >= 0.3 is 5.97 Å². The van der Waals surface area contributed by atoms with Gasteiger partial charge in [-0.1, -0.05) is 0 Å². The highest BCUT2D eigenvalue weighted by molar-refractivity contribution is 5.93.